The average Bonchev–Trinajstić information content (AvgIpc) is 3.04. The Balaban J connectivity index is 3.40. The first-order valence-electron chi connectivity index (χ1n) is 21.7. The van der Waals surface area contributed by atoms with E-state index < -0.39 is 30.4 Å². The van der Waals surface area contributed by atoms with Crippen LogP contribution in [0.3, 0.4) is 0 Å². The highest BCUT2D eigenvalue weighted by molar-refractivity contribution is 6.75. The number of aliphatic hydroxyl groups is 1. The van der Waals surface area contributed by atoms with Crippen LogP contribution in [0.2, 0.25) is 54.4 Å². The molecule has 0 saturated carbocycles. The van der Waals surface area contributed by atoms with E-state index in [0.29, 0.717) is 12.8 Å². The van der Waals surface area contributed by atoms with E-state index in [-0.39, 0.29) is 57.7 Å². The molecule has 56 heavy (non-hydrogen) atoms. The first-order valence-corrected chi connectivity index (χ1v) is 30.4. The van der Waals surface area contributed by atoms with E-state index in [9.17, 15) is 9.90 Å². The molecule has 0 amide bonds. The van der Waals surface area contributed by atoms with Gasteiger partial charge >= 0.3 is 0 Å². The van der Waals surface area contributed by atoms with Gasteiger partial charge in [-0.05, 0) is 136 Å². The molecule has 0 aliphatic carbocycles. The van der Waals surface area contributed by atoms with Crippen molar-refractivity contribution in [3.63, 3.8) is 0 Å². The molecule has 0 fully saturated rings. The number of aromatic nitrogens is 1. The first-order chi connectivity index (χ1) is 25.3. The van der Waals surface area contributed by atoms with Gasteiger partial charge in [-0.3, -0.25) is 9.78 Å². The smallest absolute Gasteiger partial charge is 0.192 e. The number of hydrogen-bond acceptors (Lipinski definition) is 6. The van der Waals surface area contributed by atoms with Crippen LogP contribution in [0.5, 0.6) is 0 Å². The van der Waals surface area contributed by atoms with E-state index in [2.05, 4.69) is 146 Å². The molecular weight excluding hydrogens is 743 g/mol. The lowest BCUT2D eigenvalue weighted by Gasteiger charge is -2.47. The largest absolute Gasteiger partial charge is 0.413 e. The quantitative estimate of drug-likeness (QED) is 0.0926. The Bertz CT molecular complexity index is 1410. The van der Waals surface area contributed by atoms with Crippen molar-refractivity contribution < 1.29 is 23.2 Å². The van der Waals surface area contributed by atoms with E-state index >= 15 is 0 Å². The summed E-state index contributed by atoms with van der Waals surface area (Å²) >= 11 is 0. The number of ketones is 1. The molecule has 1 heterocycles. The third-order valence-electron chi connectivity index (χ3n) is 13.8. The van der Waals surface area contributed by atoms with E-state index in [1.807, 2.05) is 38.2 Å². The third-order valence-corrected chi connectivity index (χ3v) is 27.2. The highest BCUT2D eigenvalue weighted by Gasteiger charge is 2.50. The molecule has 0 bridgehead atoms. The van der Waals surface area contributed by atoms with Gasteiger partial charge in [0.05, 0.1) is 24.0 Å². The zero-order valence-corrected chi connectivity index (χ0v) is 43.3. The number of Topliss-reactive ketones (excluding diaryl/α,β-unsaturated/α-hetero) is 1. The maximum absolute atomic E-state index is 15.0. The van der Waals surface area contributed by atoms with Crippen molar-refractivity contribution in [1.82, 2.24) is 4.98 Å². The summed E-state index contributed by atoms with van der Waals surface area (Å²) in [5.74, 6) is 0.125. The number of aliphatic hydroxyl groups excluding tert-OH is 1. The molecule has 1 aromatic rings. The van der Waals surface area contributed by atoms with Gasteiger partial charge in [-0.2, -0.15) is 0 Å². The van der Waals surface area contributed by atoms with Gasteiger partial charge in [0, 0.05) is 24.1 Å². The van der Waals surface area contributed by atoms with Crippen LogP contribution in [0.4, 0.5) is 0 Å². The van der Waals surface area contributed by atoms with Crippen molar-refractivity contribution in [1.29, 1.82) is 0 Å². The van der Waals surface area contributed by atoms with Crippen molar-refractivity contribution in [2.75, 3.05) is 6.61 Å². The van der Waals surface area contributed by atoms with Crippen LogP contribution in [0.1, 0.15) is 148 Å². The molecule has 9 heteroatoms. The summed E-state index contributed by atoms with van der Waals surface area (Å²) in [6.07, 6.45) is 10.8. The number of carbonyl (C=O) groups is 1. The molecule has 1 aromatic heterocycles. The maximum atomic E-state index is 15.0. The van der Waals surface area contributed by atoms with Gasteiger partial charge in [0.1, 0.15) is 5.78 Å². The summed E-state index contributed by atoms with van der Waals surface area (Å²) in [7, 11) is -6.46. The zero-order chi connectivity index (χ0) is 43.7. The second-order valence-electron chi connectivity index (χ2n) is 22.0. The van der Waals surface area contributed by atoms with Crippen LogP contribution in [0.25, 0.3) is 6.08 Å². The Labute approximate surface area is 349 Å². The summed E-state index contributed by atoms with van der Waals surface area (Å²) in [5, 5.41) is 10.3. The van der Waals surface area contributed by atoms with Crippen LogP contribution in [-0.4, -0.2) is 65.7 Å². The molecular formula is C47H89NO5Si3. The lowest BCUT2D eigenvalue weighted by Crippen LogP contribution is -2.54. The van der Waals surface area contributed by atoms with Gasteiger partial charge in [-0.25, -0.2) is 0 Å². The van der Waals surface area contributed by atoms with Gasteiger partial charge in [0.2, 0.25) is 0 Å². The van der Waals surface area contributed by atoms with E-state index in [0.717, 1.165) is 31.4 Å². The summed E-state index contributed by atoms with van der Waals surface area (Å²) in [6, 6.07) is 6.03. The Morgan fingerprint density at radius 1 is 0.804 bits per heavy atom. The molecule has 5 atom stereocenters. The van der Waals surface area contributed by atoms with Crippen LogP contribution in [-0.2, 0) is 18.1 Å². The van der Waals surface area contributed by atoms with Crippen molar-refractivity contribution in [2.45, 2.75) is 215 Å². The Morgan fingerprint density at radius 2 is 1.32 bits per heavy atom. The van der Waals surface area contributed by atoms with Crippen LogP contribution >= 0.6 is 0 Å². The Morgan fingerprint density at radius 3 is 1.79 bits per heavy atom. The molecule has 0 spiro atoms. The normalized spacial score (nSPS) is 17.4. The minimum absolute atomic E-state index is 0.00703. The molecule has 0 saturated heterocycles. The zero-order valence-electron chi connectivity index (χ0n) is 40.3. The third kappa shape index (κ3) is 15.1. The van der Waals surface area contributed by atoms with Gasteiger partial charge in [0.15, 0.2) is 25.0 Å². The first kappa shape index (κ1) is 52.8. The fourth-order valence-corrected chi connectivity index (χ4v) is 10.7. The number of allylic oxidation sites excluding steroid dienone is 1. The maximum Gasteiger partial charge on any atom is 0.192 e. The molecule has 6 nitrogen and oxygen atoms in total. The molecule has 0 unspecified atom stereocenters. The average molecular weight is 832 g/mol. The minimum atomic E-state index is -2.23. The van der Waals surface area contributed by atoms with Gasteiger partial charge in [-0.15, -0.1) is 0 Å². The molecule has 0 aliphatic heterocycles. The molecule has 324 valence electrons. The topological polar surface area (TPSA) is 77.9 Å². The molecule has 0 aliphatic rings. The summed E-state index contributed by atoms with van der Waals surface area (Å²) in [4.78, 5) is 19.5. The molecule has 1 N–H and O–H groups in total. The summed E-state index contributed by atoms with van der Waals surface area (Å²) in [5.41, 5.74) is 2.75. The van der Waals surface area contributed by atoms with Crippen LogP contribution in [0.15, 0.2) is 41.6 Å². The fraction of sp³-hybridized carbons (Fsp3) is 0.787. The summed E-state index contributed by atoms with van der Waals surface area (Å²) < 4.78 is 21.3. The number of carbonyl (C=O) groups excluding carboxylic acids is 1. The SMILES string of the molecule is CC[C@@H](C(=O)C(C)(C)[C@H](CCO)O[Si](C)(C)C(C)(C)C)[C@@H](O[Si](C)(C)C(C)(C)C)[C@@H](C)CCCC(C)=CC[C@H](O[Si](C)(C)C(C)(C)C)C(C)=Cc1ccccn1. The van der Waals surface area contributed by atoms with Crippen molar-refractivity contribution >= 4 is 36.8 Å². The molecule has 0 aromatic carbocycles. The minimum Gasteiger partial charge on any atom is -0.413 e. The number of pyridine rings is 1. The standard InChI is InChI=1S/C47H89NO5Si3/c1-22-39(43(50)47(14,15)41(31-33-49)52-55(18,19)45(8,9)10)42(53-56(20,21)46(11,12)13)36(3)27-25-26-35(2)29-30-40(51-54(16,17)44(5,6)7)37(4)34-38-28-23-24-32-48-38/h23-24,28-29,32,34,36,39-42,49H,22,25-27,30-31,33H2,1-21H3/t36-,39+,40-,41-,42-/m0/s1. The molecule has 1 rings (SSSR count). The monoisotopic (exact) mass is 832 g/mol. The van der Waals surface area contributed by atoms with E-state index in [1.165, 1.54) is 11.1 Å². The summed E-state index contributed by atoms with van der Waals surface area (Å²) in [6.45, 7) is 47.1. The predicted octanol–water partition coefficient (Wildman–Crippen LogP) is 13.8. The van der Waals surface area contributed by atoms with Crippen molar-refractivity contribution in [2.24, 2.45) is 17.3 Å². The van der Waals surface area contributed by atoms with E-state index in [4.69, 9.17) is 13.3 Å². The number of hydrogen-bond donors (Lipinski definition) is 1. The fourth-order valence-electron chi connectivity index (χ4n) is 6.46. The van der Waals surface area contributed by atoms with Gasteiger partial charge < -0.3 is 18.4 Å². The highest BCUT2D eigenvalue weighted by atomic mass is 28.4. The second-order valence-corrected chi connectivity index (χ2v) is 36.3. The highest BCUT2D eigenvalue weighted by Crippen LogP contribution is 2.45. The Hall–Kier alpha value is -1.21. The van der Waals surface area contributed by atoms with Crippen LogP contribution < -0.4 is 0 Å². The van der Waals surface area contributed by atoms with Crippen molar-refractivity contribution in [3.8, 4) is 0 Å². The van der Waals surface area contributed by atoms with E-state index in [1.54, 1.807) is 0 Å². The number of nitrogens with zero attached hydrogens (tertiary/aromatic N) is 1. The van der Waals surface area contributed by atoms with Gasteiger partial charge in [-0.1, -0.05) is 108 Å². The lowest BCUT2D eigenvalue weighted by atomic mass is 9.71. The second kappa shape index (κ2) is 20.9. The lowest BCUT2D eigenvalue weighted by molar-refractivity contribution is -0.142. The van der Waals surface area contributed by atoms with Crippen LogP contribution in [0, 0.1) is 17.3 Å². The van der Waals surface area contributed by atoms with Gasteiger partial charge in [0.25, 0.3) is 0 Å². The Kier molecular flexibility index (Phi) is 19.7. The molecule has 0 radical (unpaired) electrons. The predicted molar refractivity (Wildman–Crippen MR) is 250 cm³/mol. The number of rotatable bonds is 22. The van der Waals surface area contributed by atoms with Crippen molar-refractivity contribution in [3.05, 3.63) is 47.3 Å².